The third kappa shape index (κ3) is 5.79. The highest BCUT2D eigenvalue weighted by Crippen LogP contribution is 2.38. The first-order chi connectivity index (χ1) is 14.6. The van der Waals surface area contributed by atoms with Crippen molar-refractivity contribution in [2.75, 3.05) is 5.73 Å². The van der Waals surface area contributed by atoms with E-state index in [-0.39, 0.29) is 11.1 Å². The predicted octanol–water partition coefficient (Wildman–Crippen LogP) is 7.09. The summed E-state index contributed by atoms with van der Waals surface area (Å²) in [7, 11) is -1.91. The summed E-state index contributed by atoms with van der Waals surface area (Å²) < 4.78 is 8.20. The zero-order chi connectivity index (χ0) is 23.2. The number of nitriles is 1. The zero-order valence-electron chi connectivity index (χ0n) is 20.0. The van der Waals surface area contributed by atoms with E-state index < -0.39 is 8.32 Å². The van der Waals surface area contributed by atoms with Crippen molar-refractivity contribution in [3.63, 3.8) is 0 Å². The molecule has 1 aromatic carbocycles. The maximum Gasteiger partial charge on any atom is 0.250 e. The monoisotopic (exact) mass is 438 g/mol. The molecule has 1 aromatic heterocycles. The van der Waals surface area contributed by atoms with Gasteiger partial charge in [0.2, 0.25) is 8.32 Å². The minimum Gasteiger partial charge on any atom is -0.544 e. The van der Waals surface area contributed by atoms with Crippen LogP contribution in [-0.2, 0) is 0 Å². The Morgan fingerprint density at radius 2 is 1.90 bits per heavy atom. The van der Waals surface area contributed by atoms with Gasteiger partial charge in [0.05, 0.1) is 6.04 Å². The van der Waals surface area contributed by atoms with Crippen molar-refractivity contribution in [2.45, 2.75) is 84.0 Å². The van der Waals surface area contributed by atoms with Gasteiger partial charge in [0.25, 0.3) is 0 Å². The first kappa shape index (κ1) is 24.7. The molecule has 5 nitrogen and oxygen atoms in total. The lowest BCUT2D eigenvalue weighted by atomic mass is 10.1. The van der Waals surface area contributed by atoms with Crippen LogP contribution in [0.3, 0.4) is 0 Å². The summed E-state index contributed by atoms with van der Waals surface area (Å²) in [5.74, 6) is 1.29. The number of benzene rings is 1. The van der Waals surface area contributed by atoms with E-state index in [1.54, 1.807) is 0 Å². The summed E-state index contributed by atoms with van der Waals surface area (Å²) in [5.41, 5.74) is 8.30. The van der Waals surface area contributed by atoms with Crippen molar-refractivity contribution >= 4 is 14.1 Å². The second kappa shape index (κ2) is 10.2. The fraction of sp³-hybridized carbons (Fsp3) is 0.520. The normalized spacial score (nSPS) is 12.9. The van der Waals surface area contributed by atoms with Gasteiger partial charge >= 0.3 is 0 Å². The van der Waals surface area contributed by atoms with Gasteiger partial charge in [-0.1, -0.05) is 53.0 Å². The minimum absolute atomic E-state index is 0.117. The van der Waals surface area contributed by atoms with Crippen LogP contribution < -0.4 is 10.2 Å². The lowest BCUT2D eigenvalue weighted by Crippen LogP contribution is -2.43. The molecule has 1 heterocycles. The standard InChI is InChI=1S/C25H38N4OSi/c1-8-10-11-13-20(12-9-2)29-24(27)22(18-26)23(28-29)19-14-16-21(17-15-19)30-31(6,7)25(3,4)5/h9,14-17,20H,2,8,10-13,27H2,1,3-7H3. The van der Waals surface area contributed by atoms with E-state index in [0.29, 0.717) is 17.1 Å². The molecule has 31 heavy (non-hydrogen) atoms. The van der Waals surface area contributed by atoms with Crippen molar-refractivity contribution in [3.05, 3.63) is 42.5 Å². The van der Waals surface area contributed by atoms with Crippen LogP contribution in [0.15, 0.2) is 36.9 Å². The molecule has 0 fully saturated rings. The maximum absolute atomic E-state index is 9.77. The van der Waals surface area contributed by atoms with Gasteiger partial charge in [0.1, 0.15) is 28.9 Å². The molecular formula is C25H38N4OSi. The van der Waals surface area contributed by atoms with Gasteiger partial charge < -0.3 is 10.2 Å². The van der Waals surface area contributed by atoms with Gasteiger partial charge in [-0.15, -0.1) is 6.58 Å². The van der Waals surface area contributed by atoms with E-state index in [4.69, 9.17) is 15.3 Å². The average Bonchev–Trinajstić information content (AvgIpc) is 3.03. The molecule has 1 atom stereocenters. The lowest BCUT2D eigenvalue weighted by Gasteiger charge is -2.36. The summed E-state index contributed by atoms with van der Waals surface area (Å²) >= 11 is 0. The van der Waals surface area contributed by atoms with Crippen LogP contribution in [0.2, 0.25) is 18.1 Å². The number of unbranched alkanes of at least 4 members (excludes halogenated alkanes) is 2. The van der Waals surface area contributed by atoms with Gasteiger partial charge in [-0.2, -0.15) is 10.4 Å². The minimum atomic E-state index is -1.91. The molecule has 6 heteroatoms. The predicted molar refractivity (Wildman–Crippen MR) is 133 cm³/mol. The SMILES string of the molecule is C=CCC(CCCCC)n1nc(-c2ccc(O[Si](C)(C)C(C)(C)C)cc2)c(C#N)c1N. The van der Waals surface area contributed by atoms with E-state index in [0.717, 1.165) is 37.0 Å². The molecule has 0 spiro atoms. The largest absolute Gasteiger partial charge is 0.544 e. The van der Waals surface area contributed by atoms with Gasteiger partial charge in [-0.05, 0) is 55.2 Å². The Balaban J connectivity index is 2.35. The first-order valence-corrected chi connectivity index (χ1v) is 14.1. The second-order valence-corrected chi connectivity index (χ2v) is 14.5. The molecule has 168 valence electrons. The van der Waals surface area contributed by atoms with Crippen molar-refractivity contribution in [2.24, 2.45) is 0 Å². The summed E-state index contributed by atoms with van der Waals surface area (Å²) in [6, 6.07) is 10.2. The van der Waals surface area contributed by atoms with Crippen LogP contribution in [-0.4, -0.2) is 18.1 Å². The van der Waals surface area contributed by atoms with Crippen LogP contribution in [0, 0.1) is 11.3 Å². The van der Waals surface area contributed by atoms with Crippen molar-refractivity contribution in [3.8, 4) is 23.1 Å². The highest BCUT2D eigenvalue weighted by atomic mass is 28.4. The van der Waals surface area contributed by atoms with Crippen LogP contribution in [0.1, 0.15) is 71.4 Å². The number of nitrogen functional groups attached to an aromatic ring is 1. The highest BCUT2D eigenvalue weighted by molar-refractivity contribution is 6.74. The summed E-state index contributed by atoms with van der Waals surface area (Å²) in [4.78, 5) is 0. The lowest BCUT2D eigenvalue weighted by molar-refractivity contribution is 0.417. The summed E-state index contributed by atoms with van der Waals surface area (Å²) in [5, 5.41) is 14.7. The number of nitrogens with two attached hydrogens (primary N) is 1. The number of aromatic nitrogens is 2. The number of allylic oxidation sites excluding steroid dienone is 1. The van der Waals surface area contributed by atoms with E-state index in [1.165, 1.54) is 6.42 Å². The average molecular weight is 439 g/mol. The second-order valence-electron chi connectivity index (χ2n) is 9.73. The number of hydrogen-bond acceptors (Lipinski definition) is 4. The Morgan fingerprint density at radius 3 is 2.42 bits per heavy atom. The molecule has 0 radical (unpaired) electrons. The number of hydrogen-bond donors (Lipinski definition) is 1. The third-order valence-corrected chi connectivity index (χ3v) is 10.7. The van der Waals surface area contributed by atoms with Gasteiger partial charge in [0.15, 0.2) is 0 Å². The Bertz CT molecular complexity index is 917. The number of anilines is 1. The first-order valence-electron chi connectivity index (χ1n) is 11.2. The Hall–Kier alpha value is -2.52. The molecular weight excluding hydrogens is 400 g/mol. The van der Waals surface area contributed by atoms with Gasteiger partial charge in [-0.25, -0.2) is 4.68 Å². The van der Waals surface area contributed by atoms with E-state index in [9.17, 15) is 5.26 Å². The molecule has 0 aliphatic carbocycles. The van der Waals surface area contributed by atoms with E-state index in [2.05, 4.69) is 53.4 Å². The third-order valence-electron chi connectivity index (χ3n) is 6.29. The van der Waals surface area contributed by atoms with Gasteiger partial charge in [0, 0.05) is 5.56 Å². The van der Waals surface area contributed by atoms with Crippen LogP contribution >= 0.6 is 0 Å². The molecule has 0 bridgehead atoms. The molecule has 0 saturated carbocycles. The molecule has 0 amide bonds. The molecule has 0 aliphatic rings. The van der Waals surface area contributed by atoms with E-state index >= 15 is 0 Å². The van der Waals surface area contributed by atoms with Crippen molar-refractivity contribution < 1.29 is 4.43 Å². The molecule has 2 N–H and O–H groups in total. The van der Waals surface area contributed by atoms with Crippen molar-refractivity contribution in [1.82, 2.24) is 9.78 Å². The fourth-order valence-corrected chi connectivity index (χ4v) is 4.36. The summed E-state index contributed by atoms with van der Waals surface area (Å²) in [6.45, 7) is 17.2. The van der Waals surface area contributed by atoms with Crippen LogP contribution in [0.25, 0.3) is 11.3 Å². The number of nitrogens with zero attached hydrogens (tertiary/aromatic N) is 3. The maximum atomic E-state index is 9.77. The molecule has 0 saturated heterocycles. The quantitative estimate of drug-likeness (QED) is 0.244. The molecule has 2 aromatic rings. The van der Waals surface area contributed by atoms with E-state index in [1.807, 2.05) is 35.0 Å². The topological polar surface area (TPSA) is 76.9 Å². The van der Waals surface area contributed by atoms with Crippen molar-refractivity contribution in [1.29, 1.82) is 5.26 Å². The Labute approximate surface area is 189 Å². The smallest absolute Gasteiger partial charge is 0.250 e. The van der Waals surface area contributed by atoms with Gasteiger partial charge in [-0.3, -0.25) is 0 Å². The number of rotatable bonds is 10. The Kier molecular flexibility index (Phi) is 8.13. The summed E-state index contributed by atoms with van der Waals surface area (Å²) in [6.07, 6.45) is 7.08. The zero-order valence-corrected chi connectivity index (χ0v) is 21.0. The molecule has 1 unspecified atom stereocenters. The molecule has 2 rings (SSSR count). The fourth-order valence-electron chi connectivity index (χ4n) is 3.33. The molecule has 0 aliphatic heterocycles. The van der Waals surface area contributed by atoms with Crippen LogP contribution in [0.4, 0.5) is 5.82 Å². The Morgan fingerprint density at radius 1 is 1.26 bits per heavy atom. The highest BCUT2D eigenvalue weighted by Gasteiger charge is 2.39. The van der Waals surface area contributed by atoms with Crippen LogP contribution in [0.5, 0.6) is 5.75 Å².